The Kier molecular flexibility index (Phi) is 5.28. The van der Waals surface area contributed by atoms with E-state index in [0.29, 0.717) is 6.42 Å². The molecule has 0 saturated carbocycles. The van der Waals surface area contributed by atoms with Crippen molar-refractivity contribution in [2.24, 2.45) is 0 Å². The fourth-order valence-electron chi connectivity index (χ4n) is 3.93. The average molecular weight is 365 g/mol. The van der Waals surface area contributed by atoms with Gasteiger partial charge in [-0.05, 0) is 29.7 Å². The highest BCUT2D eigenvalue weighted by Crippen LogP contribution is 2.33. The summed E-state index contributed by atoms with van der Waals surface area (Å²) < 4.78 is 11.9. The van der Waals surface area contributed by atoms with Crippen LogP contribution in [0.15, 0.2) is 48.5 Å². The lowest BCUT2D eigenvalue weighted by Gasteiger charge is -2.44. The van der Waals surface area contributed by atoms with Crippen molar-refractivity contribution >= 4 is 11.5 Å². The van der Waals surface area contributed by atoms with Crippen LogP contribution in [0, 0.1) is 0 Å². The molecule has 1 spiro atoms. The van der Waals surface area contributed by atoms with Crippen LogP contribution in [-0.2, 0) is 9.47 Å². The van der Waals surface area contributed by atoms with E-state index in [9.17, 15) is 4.79 Å². The predicted molar refractivity (Wildman–Crippen MR) is 107 cm³/mol. The number of rotatable bonds is 4. The Morgan fingerprint density at radius 3 is 2.04 bits per heavy atom. The molecule has 0 atom stereocenters. The number of piperidine rings is 1. The molecule has 27 heavy (non-hydrogen) atoms. The smallest absolute Gasteiger partial charge is 0.171 e. The Morgan fingerprint density at radius 2 is 1.48 bits per heavy atom. The quantitative estimate of drug-likeness (QED) is 0.738. The Bertz CT molecular complexity index is 766. The van der Waals surface area contributed by atoms with Crippen molar-refractivity contribution < 1.29 is 14.3 Å². The highest BCUT2D eigenvalue weighted by atomic mass is 16.7. The molecule has 2 fully saturated rings. The molecule has 2 saturated heterocycles. The maximum Gasteiger partial charge on any atom is 0.171 e. The van der Waals surface area contributed by atoms with E-state index in [2.05, 4.69) is 29.2 Å². The molecule has 142 valence electrons. The van der Waals surface area contributed by atoms with Crippen LogP contribution >= 0.6 is 0 Å². The van der Waals surface area contributed by atoms with E-state index in [1.165, 1.54) is 11.3 Å². The van der Waals surface area contributed by atoms with Gasteiger partial charge in [0.1, 0.15) is 0 Å². The summed E-state index contributed by atoms with van der Waals surface area (Å²) in [6.07, 6.45) is 3.38. The van der Waals surface area contributed by atoms with Gasteiger partial charge in [0.05, 0.1) is 13.2 Å². The van der Waals surface area contributed by atoms with Gasteiger partial charge in [0, 0.05) is 43.6 Å². The van der Waals surface area contributed by atoms with Gasteiger partial charge in [-0.1, -0.05) is 43.3 Å². The molecule has 0 amide bonds. The summed E-state index contributed by atoms with van der Waals surface area (Å²) in [4.78, 5) is 14.2. The molecule has 0 unspecified atom stereocenters. The molecule has 0 N–H and O–H groups in total. The van der Waals surface area contributed by atoms with E-state index in [0.717, 1.165) is 56.7 Å². The Balaban J connectivity index is 1.41. The fraction of sp³-hybridized carbons (Fsp3) is 0.435. The summed E-state index contributed by atoms with van der Waals surface area (Å²) in [6, 6.07) is 16.6. The largest absolute Gasteiger partial charge is 0.371 e. The highest BCUT2D eigenvalue weighted by Gasteiger charge is 2.38. The number of anilines is 1. The second-order valence-electron chi connectivity index (χ2n) is 7.35. The molecule has 4 rings (SSSR count). The molecule has 2 aromatic carbocycles. The third-order valence-electron chi connectivity index (χ3n) is 5.64. The summed E-state index contributed by atoms with van der Waals surface area (Å²) in [7, 11) is 0. The van der Waals surface area contributed by atoms with E-state index in [1.807, 2.05) is 31.2 Å². The van der Waals surface area contributed by atoms with Gasteiger partial charge in [0.2, 0.25) is 0 Å². The first-order valence-electron chi connectivity index (χ1n) is 9.96. The van der Waals surface area contributed by atoms with Crippen molar-refractivity contribution in [3.8, 4) is 11.1 Å². The highest BCUT2D eigenvalue weighted by molar-refractivity contribution is 5.96. The van der Waals surface area contributed by atoms with Gasteiger partial charge < -0.3 is 14.4 Å². The molecule has 2 aliphatic rings. The van der Waals surface area contributed by atoms with Crippen LogP contribution in [0.2, 0.25) is 0 Å². The summed E-state index contributed by atoms with van der Waals surface area (Å²) in [5.74, 6) is -0.155. The lowest BCUT2D eigenvalue weighted by molar-refractivity contribution is -0.275. The lowest BCUT2D eigenvalue weighted by atomic mass is 10.00. The molecule has 0 radical (unpaired) electrons. The van der Waals surface area contributed by atoms with E-state index in [1.54, 1.807) is 0 Å². The monoisotopic (exact) mass is 365 g/mol. The number of benzene rings is 2. The predicted octanol–water partition coefficient (Wildman–Crippen LogP) is 4.68. The van der Waals surface area contributed by atoms with Crippen molar-refractivity contribution in [3.63, 3.8) is 0 Å². The summed E-state index contributed by atoms with van der Waals surface area (Å²) in [5, 5.41) is 0. The Labute approximate surface area is 161 Å². The topological polar surface area (TPSA) is 38.8 Å². The normalized spacial score (nSPS) is 19.2. The maximum absolute atomic E-state index is 11.8. The van der Waals surface area contributed by atoms with Crippen LogP contribution < -0.4 is 4.90 Å². The number of hydrogen-bond acceptors (Lipinski definition) is 4. The van der Waals surface area contributed by atoms with Crippen molar-refractivity contribution in [2.75, 3.05) is 31.2 Å². The van der Waals surface area contributed by atoms with E-state index in [-0.39, 0.29) is 11.6 Å². The summed E-state index contributed by atoms with van der Waals surface area (Å²) >= 11 is 0. The van der Waals surface area contributed by atoms with E-state index in [4.69, 9.17) is 9.47 Å². The van der Waals surface area contributed by atoms with Crippen molar-refractivity contribution in [1.29, 1.82) is 0 Å². The van der Waals surface area contributed by atoms with E-state index < -0.39 is 0 Å². The third kappa shape index (κ3) is 3.92. The molecule has 4 nitrogen and oxygen atoms in total. The number of Topliss-reactive ketones (excluding diaryl/α,β-unsaturated/α-hetero) is 1. The van der Waals surface area contributed by atoms with Gasteiger partial charge in [-0.2, -0.15) is 0 Å². The molecule has 0 bridgehead atoms. The molecular weight excluding hydrogens is 338 g/mol. The lowest BCUT2D eigenvalue weighted by Crippen LogP contribution is -2.50. The van der Waals surface area contributed by atoms with Crippen molar-refractivity contribution in [3.05, 3.63) is 54.1 Å². The second kappa shape index (κ2) is 7.83. The first-order valence-corrected chi connectivity index (χ1v) is 9.96. The zero-order chi connectivity index (χ0) is 18.7. The Morgan fingerprint density at radius 1 is 0.926 bits per heavy atom. The van der Waals surface area contributed by atoms with Crippen LogP contribution in [0.25, 0.3) is 11.1 Å². The van der Waals surface area contributed by atoms with Gasteiger partial charge in [-0.15, -0.1) is 0 Å². The molecule has 2 aromatic rings. The van der Waals surface area contributed by atoms with Crippen LogP contribution in [0.3, 0.4) is 0 Å². The van der Waals surface area contributed by atoms with Crippen LogP contribution in [0.5, 0.6) is 0 Å². The minimum atomic E-state index is -0.341. The first kappa shape index (κ1) is 18.2. The zero-order valence-electron chi connectivity index (χ0n) is 15.9. The van der Waals surface area contributed by atoms with Gasteiger partial charge in [0.25, 0.3) is 0 Å². The number of carbonyl (C=O) groups is 1. The van der Waals surface area contributed by atoms with Gasteiger partial charge in [0.15, 0.2) is 11.6 Å². The van der Waals surface area contributed by atoms with Crippen LogP contribution in [-0.4, -0.2) is 37.9 Å². The number of hydrogen-bond donors (Lipinski definition) is 0. The van der Waals surface area contributed by atoms with Gasteiger partial charge in [-0.3, -0.25) is 4.79 Å². The van der Waals surface area contributed by atoms with Crippen LogP contribution in [0.1, 0.15) is 43.0 Å². The maximum atomic E-state index is 11.8. The number of ketones is 1. The van der Waals surface area contributed by atoms with Crippen molar-refractivity contribution in [1.82, 2.24) is 0 Å². The Hall–Kier alpha value is -2.17. The van der Waals surface area contributed by atoms with E-state index >= 15 is 0 Å². The summed E-state index contributed by atoms with van der Waals surface area (Å²) in [5.41, 5.74) is 4.33. The zero-order valence-corrected chi connectivity index (χ0v) is 15.9. The molecular formula is C23H27NO3. The van der Waals surface area contributed by atoms with Gasteiger partial charge >= 0.3 is 0 Å². The minimum Gasteiger partial charge on any atom is -0.371 e. The molecule has 0 aliphatic carbocycles. The molecule has 0 aromatic heterocycles. The fourth-order valence-corrected chi connectivity index (χ4v) is 3.93. The summed E-state index contributed by atoms with van der Waals surface area (Å²) in [6.45, 7) is 5.43. The second-order valence-corrected chi connectivity index (χ2v) is 7.35. The standard InChI is InChI=1S/C23H27NO3/c1-2-22(25)20-6-4-18(5-7-20)19-8-10-21(11-9-19)24-14-12-23(13-15-24)26-16-3-17-27-23/h4-11H,2-3,12-17H2,1H3. The molecule has 4 heteroatoms. The average Bonchev–Trinajstić information content (AvgIpc) is 2.75. The van der Waals surface area contributed by atoms with Gasteiger partial charge in [-0.25, -0.2) is 0 Å². The molecule has 2 aliphatic heterocycles. The first-order chi connectivity index (χ1) is 13.2. The minimum absolute atomic E-state index is 0.186. The number of carbonyl (C=O) groups excluding carboxylic acids is 1. The number of nitrogens with zero attached hydrogens (tertiary/aromatic N) is 1. The third-order valence-corrected chi connectivity index (χ3v) is 5.64. The van der Waals surface area contributed by atoms with Crippen molar-refractivity contribution in [2.45, 2.75) is 38.4 Å². The SMILES string of the molecule is CCC(=O)c1ccc(-c2ccc(N3CCC4(CC3)OCCCO4)cc2)cc1. The molecule has 2 heterocycles. The van der Waals surface area contributed by atoms with Crippen LogP contribution in [0.4, 0.5) is 5.69 Å². The number of ether oxygens (including phenoxy) is 2.